The molecule has 0 aromatic rings. The van der Waals surface area contributed by atoms with Gasteiger partial charge < -0.3 is 29.7 Å². The third-order valence-corrected chi connectivity index (χ3v) is 9.69. The van der Waals surface area contributed by atoms with Gasteiger partial charge in [0.25, 0.3) is 0 Å². The van der Waals surface area contributed by atoms with Crippen LogP contribution in [0.15, 0.2) is 48.6 Å². The first-order valence-corrected chi connectivity index (χ1v) is 22.5. The number of hydrogen-bond donors (Lipinski definition) is 4. The second kappa shape index (κ2) is 37.5. The number of phosphoric ester groups is 1. The summed E-state index contributed by atoms with van der Waals surface area (Å²) in [7, 11) is -4.64. The second-order valence-corrected chi connectivity index (χ2v) is 16.1. The van der Waals surface area contributed by atoms with Crippen molar-refractivity contribution in [3.63, 3.8) is 0 Å². The van der Waals surface area contributed by atoms with Crippen molar-refractivity contribution in [2.24, 2.45) is 5.92 Å². The fourth-order valence-electron chi connectivity index (χ4n) is 5.42. The molecule has 0 aromatic carbocycles. The van der Waals surface area contributed by atoms with Crippen molar-refractivity contribution in [2.45, 2.75) is 180 Å². The van der Waals surface area contributed by atoms with Crippen LogP contribution < -0.4 is 0 Å². The summed E-state index contributed by atoms with van der Waals surface area (Å²) in [6.07, 6.45) is 34.3. The van der Waals surface area contributed by atoms with Gasteiger partial charge in [0, 0.05) is 12.8 Å². The average molecular weight is 801 g/mol. The Bertz CT molecular complexity index is 1090. The van der Waals surface area contributed by atoms with Gasteiger partial charge in [-0.2, -0.15) is 0 Å². The molecule has 0 aromatic heterocycles. The molecule has 320 valence electrons. The summed E-state index contributed by atoms with van der Waals surface area (Å²) in [6.45, 7) is 4.45. The van der Waals surface area contributed by atoms with Gasteiger partial charge in [0.2, 0.25) is 0 Å². The van der Waals surface area contributed by atoms with Gasteiger partial charge in [-0.15, -0.1) is 0 Å². The van der Waals surface area contributed by atoms with Gasteiger partial charge in [0.05, 0.1) is 25.9 Å². The van der Waals surface area contributed by atoms with Crippen molar-refractivity contribution in [1.82, 2.24) is 0 Å². The predicted octanol–water partition coefficient (Wildman–Crippen LogP) is 9.77. The molecular weight excluding hydrogens is 723 g/mol. The monoisotopic (exact) mass is 801 g/mol. The van der Waals surface area contributed by atoms with Gasteiger partial charge in [-0.1, -0.05) is 153 Å². The summed E-state index contributed by atoms with van der Waals surface area (Å²) in [5.74, 6) is -0.225. The van der Waals surface area contributed by atoms with Gasteiger partial charge >= 0.3 is 19.8 Å². The highest BCUT2D eigenvalue weighted by molar-refractivity contribution is 7.47. The number of rotatable bonds is 38. The summed E-state index contributed by atoms with van der Waals surface area (Å²) < 4.78 is 32.6. The number of aliphatic hydroxyl groups is 3. The van der Waals surface area contributed by atoms with E-state index in [0.29, 0.717) is 19.3 Å². The van der Waals surface area contributed by atoms with Crippen molar-refractivity contribution in [2.75, 3.05) is 26.4 Å². The Morgan fingerprint density at radius 1 is 0.636 bits per heavy atom. The molecule has 55 heavy (non-hydrogen) atoms. The lowest BCUT2D eigenvalue weighted by Gasteiger charge is -2.20. The normalized spacial score (nSPS) is 15.1. The molecule has 0 aliphatic heterocycles. The lowest BCUT2D eigenvalue weighted by Crippen LogP contribution is -2.29. The van der Waals surface area contributed by atoms with Crippen LogP contribution in [-0.2, 0) is 32.7 Å². The predicted molar refractivity (Wildman–Crippen MR) is 220 cm³/mol. The zero-order valence-electron chi connectivity index (χ0n) is 34.4. The lowest BCUT2D eigenvalue weighted by molar-refractivity contribution is -0.161. The molecule has 1 unspecified atom stereocenters. The maximum Gasteiger partial charge on any atom is 0.472 e. The average Bonchev–Trinajstić information content (AvgIpc) is 3.15. The first-order valence-electron chi connectivity index (χ1n) is 21.0. The molecular formula is C43H77O11P. The number of carbonyl (C=O) groups is 2. The number of ether oxygens (including phenoxy) is 2. The van der Waals surface area contributed by atoms with Gasteiger partial charge in [0.1, 0.15) is 12.7 Å². The maximum absolute atomic E-state index is 12.6. The van der Waals surface area contributed by atoms with Crippen LogP contribution in [0.3, 0.4) is 0 Å². The molecule has 0 amide bonds. The molecule has 0 saturated carbocycles. The van der Waals surface area contributed by atoms with E-state index in [1.165, 1.54) is 51.4 Å². The number of unbranched alkanes of at least 4 members (excludes halogenated alkanes) is 12. The number of phosphoric acid groups is 1. The molecule has 12 heteroatoms. The molecule has 4 N–H and O–H groups in total. The van der Waals surface area contributed by atoms with Crippen molar-refractivity contribution in [3.05, 3.63) is 48.6 Å². The van der Waals surface area contributed by atoms with Gasteiger partial charge in [0.15, 0.2) is 6.10 Å². The van der Waals surface area contributed by atoms with Crippen LogP contribution in [0.1, 0.15) is 162 Å². The Hall–Kier alpha value is -2.11. The molecule has 0 fully saturated rings. The summed E-state index contributed by atoms with van der Waals surface area (Å²) in [6, 6.07) is 0. The summed E-state index contributed by atoms with van der Waals surface area (Å²) in [5.41, 5.74) is 0. The largest absolute Gasteiger partial charge is 0.472 e. The van der Waals surface area contributed by atoms with E-state index in [4.69, 9.17) is 19.1 Å². The van der Waals surface area contributed by atoms with E-state index in [0.717, 1.165) is 63.7 Å². The van der Waals surface area contributed by atoms with Gasteiger partial charge in [-0.3, -0.25) is 18.6 Å². The molecule has 0 rings (SSSR count). The van der Waals surface area contributed by atoms with E-state index in [1.807, 2.05) is 24.3 Å². The van der Waals surface area contributed by atoms with Crippen LogP contribution in [0.5, 0.6) is 0 Å². The molecule has 0 aliphatic carbocycles. The minimum Gasteiger partial charge on any atom is -0.462 e. The highest BCUT2D eigenvalue weighted by atomic mass is 31.2. The number of aliphatic hydroxyl groups excluding tert-OH is 3. The molecule has 0 heterocycles. The van der Waals surface area contributed by atoms with E-state index in [-0.39, 0.29) is 25.6 Å². The first kappa shape index (κ1) is 52.9. The van der Waals surface area contributed by atoms with E-state index in [2.05, 4.69) is 49.6 Å². The first-order chi connectivity index (χ1) is 26.5. The summed E-state index contributed by atoms with van der Waals surface area (Å²) >= 11 is 0. The van der Waals surface area contributed by atoms with Crippen molar-refractivity contribution in [3.8, 4) is 0 Å². The van der Waals surface area contributed by atoms with Crippen LogP contribution in [0.25, 0.3) is 0 Å². The van der Waals surface area contributed by atoms with E-state index in [1.54, 1.807) is 0 Å². The topological polar surface area (TPSA) is 169 Å². The lowest BCUT2D eigenvalue weighted by atomic mass is 10.0. The Morgan fingerprint density at radius 2 is 1.16 bits per heavy atom. The number of esters is 2. The summed E-state index contributed by atoms with van der Waals surface area (Å²) in [5, 5.41) is 28.1. The van der Waals surface area contributed by atoms with Crippen LogP contribution in [0.4, 0.5) is 0 Å². The van der Waals surface area contributed by atoms with Crippen molar-refractivity contribution < 1.29 is 52.9 Å². The Balaban J connectivity index is 4.44. The molecule has 0 spiro atoms. The Morgan fingerprint density at radius 3 is 1.75 bits per heavy atom. The third-order valence-electron chi connectivity index (χ3n) is 8.73. The molecule has 4 atom stereocenters. The van der Waals surface area contributed by atoms with E-state index in [9.17, 15) is 29.3 Å². The Kier molecular flexibility index (Phi) is 36.0. The zero-order valence-corrected chi connectivity index (χ0v) is 35.3. The van der Waals surface area contributed by atoms with Crippen LogP contribution >= 0.6 is 7.82 Å². The van der Waals surface area contributed by atoms with Gasteiger partial charge in [-0.25, -0.2) is 4.57 Å². The standard InChI is InChI=1S/C43H77O11P/c1-4-5-30-39(45)31-26-22-18-14-10-6-7-11-15-19-23-27-32-42(47)51-36-41(37-53-55(49,50)52-35-40(46)34-44)54-43(48)33-28-24-20-16-12-8-9-13-17-21-25-29-38(2)3/h6-7,14-15,18-19,26,31,38-41,44-46H,4-5,8-13,16-17,20-25,27-30,32-37H2,1-3H3,(H,49,50)/b7-6-,18-14-,19-15-,31-26-/t39-,40-,41+/m0/s1. The Labute approximate surface area is 333 Å². The fourth-order valence-corrected chi connectivity index (χ4v) is 6.21. The molecule has 11 nitrogen and oxygen atoms in total. The fraction of sp³-hybridized carbons (Fsp3) is 0.767. The van der Waals surface area contributed by atoms with Crippen molar-refractivity contribution in [1.29, 1.82) is 0 Å². The molecule has 0 radical (unpaired) electrons. The number of hydrogen-bond acceptors (Lipinski definition) is 10. The SMILES string of the molecule is CCCC[C@H](O)/C=C\C/C=C\C/C=C\C/C=C\CCCC(=O)OC[C@H](COP(=O)(O)OC[C@@H](O)CO)OC(=O)CCCCCCCCCCCCCC(C)C. The molecule has 0 aliphatic rings. The number of allylic oxidation sites excluding steroid dienone is 7. The van der Waals surface area contributed by atoms with E-state index >= 15 is 0 Å². The van der Waals surface area contributed by atoms with Crippen molar-refractivity contribution >= 4 is 19.8 Å². The quantitative estimate of drug-likeness (QED) is 0.0203. The van der Waals surface area contributed by atoms with Crippen LogP contribution in [-0.4, -0.2) is 76.9 Å². The molecule has 0 bridgehead atoms. The minimum atomic E-state index is -4.64. The molecule has 0 saturated heterocycles. The maximum atomic E-state index is 12.6. The summed E-state index contributed by atoms with van der Waals surface area (Å²) in [4.78, 5) is 34.9. The smallest absolute Gasteiger partial charge is 0.462 e. The number of carbonyl (C=O) groups excluding carboxylic acids is 2. The highest BCUT2D eigenvalue weighted by Crippen LogP contribution is 2.43. The zero-order chi connectivity index (χ0) is 40.8. The second-order valence-electron chi connectivity index (χ2n) is 14.7. The third kappa shape index (κ3) is 38.5. The van der Waals surface area contributed by atoms with Crippen LogP contribution in [0, 0.1) is 5.92 Å². The highest BCUT2D eigenvalue weighted by Gasteiger charge is 2.27. The van der Waals surface area contributed by atoms with E-state index < -0.39 is 51.8 Å². The van der Waals surface area contributed by atoms with Gasteiger partial charge in [-0.05, 0) is 50.9 Å². The van der Waals surface area contributed by atoms with Crippen LogP contribution in [0.2, 0.25) is 0 Å². The minimum absolute atomic E-state index is 0.148.